The predicted octanol–water partition coefficient (Wildman–Crippen LogP) is 4.89. The number of nitrogens with two attached hydrogens (primary N) is 1. The highest BCUT2D eigenvalue weighted by Crippen LogP contribution is 2.40. The minimum atomic E-state index is -2.76. The number of alkyl halides is 2. The molecule has 2 unspecified atom stereocenters. The first-order valence-corrected chi connectivity index (χ1v) is 13.3. The Labute approximate surface area is 235 Å². The quantitative estimate of drug-likeness (QED) is 0.353. The van der Waals surface area contributed by atoms with Crippen molar-refractivity contribution in [2.75, 3.05) is 19.0 Å². The minimum absolute atomic E-state index is 0.171. The van der Waals surface area contributed by atoms with Gasteiger partial charge in [-0.25, -0.2) is 8.78 Å². The van der Waals surface area contributed by atoms with E-state index < -0.39 is 42.4 Å². The van der Waals surface area contributed by atoms with Gasteiger partial charge in [-0.3, -0.25) is 9.59 Å². The van der Waals surface area contributed by atoms with Gasteiger partial charge in [0.25, 0.3) is 12.0 Å². The fraction of sp³-hybridized carbons (Fsp3) is 0.379. The van der Waals surface area contributed by atoms with E-state index >= 15 is 0 Å². The number of primary amides is 1. The number of fused-ring (bicyclic) bond motifs is 3. The normalized spacial score (nSPS) is 21.3. The van der Waals surface area contributed by atoms with Crippen LogP contribution < -0.4 is 21.3 Å². The lowest BCUT2D eigenvalue weighted by atomic mass is 9.92. The highest BCUT2D eigenvalue weighted by Gasteiger charge is 2.48. The lowest BCUT2D eigenvalue weighted by Crippen LogP contribution is -2.34. The Hall–Kier alpha value is -3.47. The molecule has 3 aromatic rings. The molecule has 0 radical (unpaired) electrons. The van der Waals surface area contributed by atoms with Crippen LogP contribution >= 0.6 is 11.6 Å². The van der Waals surface area contributed by atoms with Gasteiger partial charge in [0.15, 0.2) is 6.23 Å². The summed E-state index contributed by atoms with van der Waals surface area (Å²) in [6, 6.07) is 12.7. The number of aromatic nitrogens is 1. The summed E-state index contributed by atoms with van der Waals surface area (Å²) in [7, 11) is 1.21. The lowest BCUT2D eigenvalue weighted by molar-refractivity contribution is -0.0450. The van der Waals surface area contributed by atoms with E-state index in [0.717, 1.165) is 17.5 Å². The molecule has 1 fully saturated rings. The van der Waals surface area contributed by atoms with Crippen LogP contribution in [-0.2, 0) is 15.9 Å². The number of carbonyl (C=O) groups is 1. The Morgan fingerprint density at radius 2 is 1.95 bits per heavy atom. The monoisotopic (exact) mass is 573 g/mol. The number of epoxide rings is 1. The van der Waals surface area contributed by atoms with Gasteiger partial charge in [-0.05, 0) is 59.9 Å². The molecule has 2 aliphatic heterocycles. The maximum atomic E-state index is 13.8. The standard InChI is InChI=1S/C29H30ClF2N3O5/c1-15-9-17-3-6-18(30)10-20(17)21-11-25(36)35(13-24(21)39-14-15)22(12-23(38-2)27(31)32)26-29(40-26)34-19-7-4-16(5-8-19)28(33)37/h3-8,10-11,13,15,22-23,26-27,29,34H,9,12,14H2,1-2H3,(H2,33,37)/t15-,22+,23-,26?,29?/m1/s1. The Morgan fingerprint density at radius 1 is 1.20 bits per heavy atom. The molecular formula is C29H30ClF2N3O5. The molecule has 1 saturated heterocycles. The Morgan fingerprint density at radius 3 is 2.62 bits per heavy atom. The molecule has 8 nitrogen and oxygen atoms in total. The number of carbonyl (C=O) groups excluding carboxylic acids is 1. The maximum Gasteiger partial charge on any atom is 0.264 e. The smallest absolute Gasteiger partial charge is 0.264 e. The van der Waals surface area contributed by atoms with Crippen molar-refractivity contribution in [1.29, 1.82) is 0 Å². The Bertz CT molecular complexity index is 1450. The Balaban J connectivity index is 1.49. The number of rotatable bonds is 9. The largest absolute Gasteiger partial charge is 0.491 e. The molecule has 3 heterocycles. The lowest BCUT2D eigenvalue weighted by Gasteiger charge is -2.26. The van der Waals surface area contributed by atoms with Gasteiger partial charge < -0.3 is 29.8 Å². The number of benzene rings is 2. The van der Waals surface area contributed by atoms with Gasteiger partial charge in [0, 0.05) is 41.4 Å². The number of amides is 1. The zero-order chi connectivity index (χ0) is 28.6. The van der Waals surface area contributed by atoms with Crippen molar-refractivity contribution >= 4 is 23.2 Å². The van der Waals surface area contributed by atoms with Crippen LogP contribution in [0.15, 0.2) is 59.5 Å². The van der Waals surface area contributed by atoms with Gasteiger partial charge in [-0.1, -0.05) is 24.6 Å². The van der Waals surface area contributed by atoms with Crippen molar-refractivity contribution in [3.05, 3.63) is 81.2 Å². The summed E-state index contributed by atoms with van der Waals surface area (Å²) in [6.45, 7) is 2.49. The minimum Gasteiger partial charge on any atom is -0.491 e. The molecule has 11 heteroatoms. The van der Waals surface area contributed by atoms with Crippen molar-refractivity contribution < 1.29 is 27.8 Å². The molecule has 1 aromatic heterocycles. The number of hydrogen-bond donors (Lipinski definition) is 2. The second kappa shape index (κ2) is 11.6. The summed E-state index contributed by atoms with van der Waals surface area (Å²) in [6.07, 6.45) is -3.19. The summed E-state index contributed by atoms with van der Waals surface area (Å²) >= 11 is 6.30. The van der Waals surface area contributed by atoms with Crippen LogP contribution in [0.4, 0.5) is 14.5 Å². The SMILES string of the molecule is CO[C@H](C[C@@H](C1OC1Nc1ccc(C(N)=O)cc1)n1cc2c(cc1=O)-c1cc(Cl)ccc1C[C@@H](C)CO2)C(F)F. The number of hydrogen-bond acceptors (Lipinski definition) is 6. The molecule has 3 N–H and O–H groups in total. The summed E-state index contributed by atoms with van der Waals surface area (Å²) in [5.41, 5.74) is 8.35. The van der Waals surface area contributed by atoms with Crippen molar-refractivity contribution in [3.8, 4) is 16.9 Å². The van der Waals surface area contributed by atoms with Gasteiger partial charge in [0.1, 0.15) is 18.0 Å². The van der Waals surface area contributed by atoms with E-state index in [9.17, 15) is 18.4 Å². The number of pyridine rings is 1. The molecule has 0 aliphatic carbocycles. The van der Waals surface area contributed by atoms with Crippen molar-refractivity contribution in [2.24, 2.45) is 11.7 Å². The number of methoxy groups -OCH3 is 1. The van der Waals surface area contributed by atoms with Gasteiger partial charge in [-0.2, -0.15) is 0 Å². The fourth-order valence-electron chi connectivity index (χ4n) is 5.13. The molecular weight excluding hydrogens is 544 g/mol. The van der Waals surface area contributed by atoms with Crippen molar-refractivity contribution in [1.82, 2.24) is 4.57 Å². The molecule has 2 aromatic carbocycles. The van der Waals surface area contributed by atoms with Crippen LogP contribution in [-0.4, -0.2) is 49.1 Å². The number of ether oxygens (including phenoxy) is 3. The van der Waals surface area contributed by atoms with E-state index in [1.807, 2.05) is 18.2 Å². The second-order valence-corrected chi connectivity index (χ2v) is 10.7. The topological polar surface area (TPSA) is 108 Å². The Kier molecular flexibility index (Phi) is 8.11. The number of nitrogens with zero attached hydrogens (tertiary/aromatic N) is 1. The second-order valence-electron chi connectivity index (χ2n) is 10.2. The first kappa shape index (κ1) is 28.1. The van der Waals surface area contributed by atoms with Crippen LogP contribution in [0.25, 0.3) is 11.1 Å². The highest BCUT2D eigenvalue weighted by molar-refractivity contribution is 6.30. The third kappa shape index (κ3) is 5.99. The predicted molar refractivity (Wildman–Crippen MR) is 147 cm³/mol. The first-order valence-electron chi connectivity index (χ1n) is 12.9. The molecule has 0 saturated carbocycles. The third-order valence-corrected chi connectivity index (χ3v) is 7.53. The fourth-order valence-corrected chi connectivity index (χ4v) is 5.30. The molecule has 212 valence electrons. The van der Waals surface area contributed by atoms with Gasteiger partial charge in [-0.15, -0.1) is 0 Å². The van der Waals surface area contributed by atoms with Crippen LogP contribution in [0.3, 0.4) is 0 Å². The summed E-state index contributed by atoms with van der Waals surface area (Å²) in [4.78, 5) is 24.9. The zero-order valence-electron chi connectivity index (χ0n) is 22.0. The number of halogens is 3. The van der Waals surface area contributed by atoms with Gasteiger partial charge in [0.05, 0.1) is 18.8 Å². The van der Waals surface area contributed by atoms with E-state index in [0.29, 0.717) is 34.2 Å². The number of anilines is 1. The highest BCUT2D eigenvalue weighted by atomic mass is 35.5. The van der Waals surface area contributed by atoms with Gasteiger partial charge in [0.2, 0.25) is 5.91 Å². The van der Waals surface area contributed by atoms with Crippen LogP contribution in [0.1, 0.15) is 35.3 Å². The molecule has 0 bridgehead atoms. The van der Waals surface area contributed by atoms with Crippen LogP contribution in [0.2, 0.25) is 5.02 Å². The summed E-state index contributed by atoms with van der Waals surface area (Å²) in [5.74, 6) is 0.102. The molecule has 40 heavy (non-hydrogen) atoms. The van der Waals surface area contributed by atoms with Crippen molar-refractivity contribution in [3.63, 3.8) is 0 Å². The summed E-state index contributed by atoms with van der Waals surface area (Å²) in [5, 5.41) is 3.70. The first-order chi connectivity index (χ1) is 19.1. The maximum absolute atomic E-state index is 13.8. The van der Waals surface area contributed by atoms with Crippen molar-refractivity contribution in [2.45, 2.75) is 50.7 Å². The van der Waals surface area contributed by atoms with E-state index in [-0.39, 0.29) is 12.3 Å². The molecule has 5 rings (SSSR count). The summed E-state index contributed by atoms with van der Waals surface area (Å²) < 4.78 is 46.0. The molecule has 0 spiro atoms. The van der Waals surface area contributed by atoms with E-state index in [4.69, 9.17) is 31.5 Å². The molecule has 2 aliphatic rings. The molecule has 5 atom stereocenters. The molecule has 1 amide bonds. The van der Waals surface area contributed by atoms with E-state index in [1.165, 1.54) is 17.7 Å². The number of nitrogens with one attached hydrogen (secondary N) is 1. The van der Waals surface area contributed by atoms with Crippen LogP contribution in [0.5, 0.6) is 5.75 Å². The van der Waals surface area contributed by atoms with E-state index in [1.54, 1.807) is 30.5 Å². The third-order valence-electron chi connectivity index (χ3n) is 7.30. The van der Waals surface area contributed by atoms with Gasteiger partial charge >= 0.3 is 0 Å². The zero-order valence-corrected chi connectivity index (χ0v) is 22.7. The van der Waals surface area contributed by atoms with E-state index in [2.05, 4.69) is 12.2 Å². The average Bonchev–Trinajstić information content (AvgIpc) is 3.67. The van der Waals surface area contributed by atoms with Crippen LogP contribution in [0, 0.1) is 5.92 Å². The average molecular weight is 574 g/mol.